The second kappa shape index (κ2) is 8.24. The Balaban J connectivity index is 1.61. The Morgan fingerprint density at radius 2 is 1.78 bits per heavy atom. The molecule has 0 atom stereocenters. The van der Waals surface area contributed by atoms with Gasteiger partial charge in [0.1, 0.15) is 24.0 Å². The molecule has 0 saturated carbocycles. The Labute approximate surface area is 185 Å². The van der Waals surface area contributed by atoms with E-state index in [-0.39, 0.29) is 18.2 Å². The number of aryl methyl sites for hydroxylation is 1. The van der Waals surface area contributed by atoms with Crippen molar-refractivity contribution in [3.63, 3.8) is 0 Å². The highest BCUT2D eigenvalue weighted by atomic mass is 19.1. The van der Waals surface area contributed by atoms with Gasteiger partial charge in [0.15, 0.2) is 0 Å². The summed E-state index contributed by atoms with van der Waals surface area (Å²) in [6, 6.07) is 14.0. The van der Waals surface area contributed by atoms with Gasteiger partial charge in [-0.15, -0.1) is 0 Å². The molecule has 166 valence electrons. The van der Waals surface area contributed by atoms with Gasteiger partial charge >= 0.3 is 6.03 Å². The number of nitrogens with zero attached hydrogens (tertiary/aromatic N) is 1. The van der Waals surface area contributed by atoms with Crippen LogP contribution >= 0.6 is 0 Å². The average Bonchev–Trinajstić information content (AvgIpc) is 2.73. The van der Waals surface area contributed by atoms with Crippen molar-refractivity contribution in [2.24, 2.45) is 0 Å². The maximum absolute atomic E-state index is 13.9. The summed E-state index contributed by atoms with van der Waals surface area (Å²) in [4.78, 5) is 14.5. The molecule has 0 saturated heterocycles. The molecule has 5 nitrogen and oxygen atoms in total. The third-order valence-electron chi connectivity index (χ3n) is 5.53. The van der Waals surface area contributed by atoms with E-state index < -0.39 is 17.2 Å². The first kappa shape index (κ1) is 21.8. The molecule has 0 aliphatic carbocycles. The minimum atomic E-state index is -1.10. The lowest BCUT2D eigenvalue weighted by Gasteiger charge is -2.33. The number of ether oxygens (including phenoxy) is 1. The Hall–Kier alpha value is -3.45. The molecular weight excluding hydrogens is 414 g/mol. The minimum Gasteiger partial charge on any atom is -0.489 e. The summed E-state index contributed by atoms with van der Waals surface area (Å²) >= 11 is 0. The van der Waals surface area contributed by atoms with E-state index in [9.17, 15) is 18.7 Å². The largest absolute Gasteiger partial charge is 0.489 e. The molecule has 2 amide bonds. The molecular formula is C25H24F2N2O3. The summed E-state index contributed by atoms with van der Waals surface area (Å²) in [5.74, 6) is -0.962. The van der Waals surface area contributed by atoms with Gasteiger partial charge in [-0.2, -0.15) is 0 Å². The van der Waals surface area contributed by atoms with Gasteiger partial charge in [0, 0.05) is 11.6 Å². The zero-order chi connectivity index (χ0) is 23.0. The summed E-state index contributed by atoms with van der Waals surface area (Å²) in [6.07, 6.45) is 0. The molecule has 0 aromatic heterocycles. The summed E-state index contributed by atoms with van der Waals surface area (Å²) in [5, 5.41) is 13.3. The topological polar surface area (TPSA) is 61.8 Å². The Bertz CT molecular complexity index is 1170. The number of anilines is 2. The van der Waals surface area contributed by atoms with E-state index in [4.69, 9.17) is 4.74 Å². The van der Waals surface area contributed by atoms with Gasteiger partial charge in [0.05, 0.1) is 29.1 Å². The maximum atomic E-state index is 13.9. The molecule has 7 heteroatoms. The van der Waals surface area contributed by atoms with Gasteiger partial charge in [-0.05, 0) is 50.1 Å². The number of carbonyl (C=O) groups is 1. The Morgan fingerprint density at radius 1 is 1.09 bits per heavy atom. The van der Waals surface area contributed by atoms with Crippen molar-refractivity contribution in [1.29, 1.82) is 0 Å². The molecule has 3 aromatic carbocycles. The molecule has 4 rings (SSSR count). The van der Waals surface area contributed by atoms with Crippen LogP contribution in [-0.4, -0.2) is 11.1 Å². The van der Waals surface area contributed by atoms with Crippen molar-refractivity contribution >= 4 is 17.4 Å². The monoisotopic (exact) mass is 438 g/mol. The van der Waals surface area contributed by atoms with Crippen LogP contribution in [0.4, 0.5) is 25.0 Å². The highest BCUT2D eigenvalue weighted by Crippen LogP contribution is 2.37. The van der Waals surface area contributed by atoms with Crippen molar-refractivity contribution in [1.82, 2.24) is 0 Å². The fraction of sp³-hybridized carbons (Fsp3) is 0.240. The van der Waals surface area contributed by atoms with E-state index in [1.165, 1.54) is 18.2 Å². The molecule has 0 spiro atoms. The molecule has 1 aliphatic heterocycles. The number of hydrogen-bond donors (Lipinski definition) is 2. The lowest BCUT2D eigenvalue weighted by Crippen LogP contribution is -2.40. The number of carbonyl (C=O) groups excluding carboxylic acids is 1. The van der Waals surface area contributed by atoms with Gasteiger partial charge < -0.3 is 15.2 Å². The summed E-state index contributed by atoms with van der Waals surface area (Å²) in [7, 11) is 0. The van der Waals surface area contributed by atoms with Crippen molar-refractivity contribution in [2.75, 3.05) is 10.2 Å². The number of hydrogen-bond acceptors (Lipinski definition) is 3. The van der Waals surface area contributed by atoms with Crippen LogP contribution in [0.3, 0.4) is 0 Å². The number of rotatable bonds is 5. The first-order valence-electron chi connectivity index (χ1n) is 10.2. The number of nitrogens with one attached hydrogen (secondary N) is 1. The van der Waals surface area contributed by atoms with Gasteiger partial charge in [-0.3, -0.25) is 4.90 Å². The number of amides is 2. The normalized spacial score (nSPS) is 13.6. The second-order valence-corrected chi connectivity index (χ2v) is 8.35. The summed E-state index contributed by atoms with van der Waals surface area (Å²) in [6.45, 7) is 5.24. The molecule has 0 bridgehead atoms. The Morgan fingerprint density at radius 3 is 2.47 bits per heavy atom. The van der Waals surface area contributed by atoms with Gasteiger partial charge in [-0.1, -0.05) is 30.3 Å². The van der Waals surface area contributed by atoms with Crippen LogP contribution in [0.15, 0.2) is 54.6 Å². The quantitative estimate of drug-likeness (QED) is 0.543. The predicted molar refractivity (Wildman–Crippen MR) is 119 cm³/mol. The van der Waals surface area contributed by atoms with Crippen LogP contribution in [0.25, 0.3) is 0 Å². The van der Waals surface area contributed by atoms with Crippen LogP contribution in [0.1, 0.15) is 36.1 Å². The van der Waals surface area contributed by atoms with Crippen LogP contribution < -0.4 is 15.0 Å². The van der Waals surface area contributed by atoms with E-state index >= 15 is 0 Å². The molecule has 1 aliphatic rings. The van der Waals surface area contributed by atoms with Crippen LogP contribution in [-0.2, 0) is 18.8 Å². The minimum absolute atomic E-state index is 0.154. The number of benzene rings is 3. The van der Waals surface area contributed by atoms with E-state index in [1.807, 2.05) is 19.1 Å². The van der Waals surface area contributed by atoms with Crippen molar-refractivity contribution in [3.8, 4) is 5.75 Å². The van der Waals surface area contributed by atoms with Crippen LogP contribution in [0.5, 0.6) is 5.75 Å². The highest BCUT2D eigenvalue weighted by Gasteiger charge is 2.30. The molecule has 32 heavy (non-hydrogen) atoms. The van der Waals surface area contributed by atoms with Crippen molar-refractivity contribution < 1.29 is 23.4 Å². The summed E-state index contributed by atoms with van der Waals surface area (Å²) in [5.41, 5.74) is 2.32. The number of fused-ring (bicyclic) bond motifs is 1. The zero-order valence-corrected chi connectivity index (χ0v) is 18.1. The lowest BCUT2D eigenvalue weighted by molar-refractivity contribution is 0.0792. The van der Waals surface area contributed by atoms with Gasteiger partial charge in [-0.25, -0.2) is 13.6 Å². The third-order valence-corrected chi connectivity index (χ3v) is 5.53. The molecule has 0 unspecified atom stereocenters. The van der Waals surface area contributed by atoms with Gasteiger partial charge in [0.2, 0.25) is 0 Å². The first-order chi connectivity index (χ1) is 15.1. The van der Waals surface area contributed by atoms with Gasteiger partial charge in [0.25, 0.3) is 0 Å². The maximum Gasteiger partial charge on any atom is 0.326 e. The van der Waals surface area contributed by atoms with Crippen LogP contribution in [0, 0.1) is 18.6 Å². The molecule has 0 radical (unpaired) electrons. The number of urea groups is 1. The van der Waals surface area contributed by atoms with Crippen molar-refractivity contribution in [3.05, 3.63) is 88.5 Å². The standard InChI is InChI=1S/C25H24F2N2O3/c1-15-10-11-17(32-14-18-20(26)8-5-9-21(18)27)12-22(15)29-13-16-6-4-7-19(25(2,3)31)23(16)28-24(29)30/h4-12,31H,13-14H2,1-3H3,(H,28,30). The SMILES string of the molecule is Cc1ccc(OCc2c(F)cccc2F)cc1N1Cc2cccc(C(C)(C)O)c2NC1=O. The molecule has 3 aromatic rings. The van der Waals surface area contributed by atoms with E-state index in [0.29, 0.717) is 29.2 Å². The number of aliphatic hydroxyl groups is 1. The second-order valence-electron chi connectivity index (χ2n) is 8.35. The van der Waals surface area contributed by atoms with E-state index in [1.54, 1.807) is 43.0 Å². The van der Waals surface area contributed by atoms with E-state index in [2.05, 4.69) is 5.32 Å². The lowest BCUT2D eigenvalue weighted by atomic mass is 9.92. The molecule has 2 N–H and O–H groups in total. The molecule has 1 heterocycles. The average molecular weight is 438 g/mol. The van der Waals surface area contributed by atoms with Crippen LogP contribution in [0.2, 0.25) is 0 Å². The fourth-order valence-corrected chi connectivity index (χ4v) is 3.80. The predicted octanol–water partition coefficient (Wildman–Crippen LogP) is 5.63. The third kappa shape index (κ3) is 4.16. The number of para-hydroxylation sites is 1. The smallest absolute Gasteiger partial charge is 0.326 e. The summed E-state index contributed by atoms with van der Waals surface area (Å²) < 4.78 is 33.4. The first-order valence-corrected chi connectivity index (χ1v) is 10.2. The Kier molecular flexibility index (Phi) is 5.60. The van der Waals surface area contributed by atoms with Crippen molar-refractivity contribution in [2.45, 2.75) is 39.5 Å². The highest BCUT2D eigenvalue weighted by molar-refractivity contribution is 6.05. The zero-order valence-electron chi connectivity index (χ0n) is 18.1. The number of halogens is 2. The fourth-order valence-electron chi connectivity index (χ4n) is 3.80. The van der Waals surface area contributed by atoms with E-state index in [0.717, 1.165) is 11.1 Å². The molecule has 0 fully saturated rings.